The van der Waals surface area contributed by atoms with E-state index in [4.69, 9.17) is 12.2 Å². The van der Waals surface area contributed by atoms with Gasteiger partial charge in [0, 0.05) is 6.54 Å². The van der Waals surface area contributed by atoms with Crippen molar-refractivity contribution in [2.75, 3.05) is 6.54 Å². The maximum absolute atomic E-state index is 12.2. The van der Waals surface area contributed by atoms with Crippen LogP contribution in [0.25, 0.3) is 0 Å². The van der Waals surface area contributed by atoms with Crippen LogP contribution in [0.15, 0.2) is 58.3 Å². The van der Waals surface area contributed by atoms with Crippen LogP contribution in [0.1, 0.15) is 27.2 Å². The van der Waals surface area contributed by atoms with Crippen molar-refractivity contribution in [3.05, 3.63) is 58.3 Å². The van der Waals surface area contributed by atoms with Crippen molar-refractivity contribution in [1.29, 1.82) is 0 Å². The lowest BCUT2D eigenvalue weighted by atomic mass is 9.85. The van der Waals surface area contributed by atoms with Gasteiger partial charge in [-0.25, -0.2) is 0 Å². The Balaban J connectivity index is 2.26. The first kappa shape index (κ1) is 18.7. The van der Waals surface area contributed by atoms with Gasteiger partial charge in [0.05, 0.1) is 4.91 Å². The fraction of sp³-hybridized carbons (Fsp3) is 0.333. The topological polar surface area (TPSA) is 60.8 Å². The Morgan fingerprint density at radius 3 is 2.75 bits per heavy atom. The molecule has 1 atom stereocenters. The predicted molar refractivity (Wildman–Crippen MR) is 103 cm³/mol. The molecule has 0 aromatic heterocycles. The largest absolute Gasteiger partial charge is 0.508 e. The van der Waals surface area contributed by atoms with E-state index < -0.39 is 5.60 Å². The minimum absolute atomic E-state index is 0.0765. The van der Waals surface area contributed by atoms with Crippen molar-refractivity contribution in [3.8, 4) is 0 Å². The molecule has 6 heteroatoms. The Kier molecular flexibility index (Phi) is 5.85. The Morgan fingerprint density at radius 1 is 1.46 bits per heavy atom. The molecule has 1 amide bonds. The molecule has 0 radical (unpaired) electrons. The quantitative estimate of drug-likeness (QED) is 0.588. The summed E-state index contributed by atoms with van der Waals surface area (Å²) in [5.74, 6) is 0.0309. The molecule has 0 saturated carbocycles. The van der Waals surface area contributed by atoms with E-state index in [0.29, 0.717) is 27.8 Å². The van der Waals surface area contributed by atoms with Crippen LogP contribution >= 0.6 is 24.0 Å². The first-order valence-electron chi connectivity index (χ1n) is 7.77. The molecule has 128 valence electrons. The molecular weight excluding hydrogens is 342 g/mol. The predicted octanol–water partition coefficient (Wildman–Crippen LogP) is 3.78. The number of hydrogen-bond acceptors (Lipinski definition) is 5. The van der Waals surface area contributed by atoms with Crippen LogP contribution in [0, 0.1) is 0 Å². The van der Waals surface area contributed by atoms with Crippen LogP contribution in [-0.4, -0.2) is 37.5 Å². The normalized spacial score (nSPS) is 28.2. The van der Waals surface area contributed by atoms with E-state index in [0.717, 1.165) is 5.57 Å². The third-order valence-corrected chi connectivity index (χ3v) is 5.34. The lowest BCUT2D eigenvalue weighted by Gasteiger charge is -2.27. The Labute approximate surface area is 151 Å². The van der Waals surface area contributed by atoms with Crippen molar-refractivity contribution >= 4 is 34.2 Å². The molecule has 1 unspecified atom stereocenters. The molecule has 0 aromatic rings. The molecule has 1 aliphatic carbocycles. The van der Waals surface area contributed by atoms with E-state index in [2.05, 4.69) is 0 Å². The minimum atomic E-state index is -1.09. The molecule has 1 saturated heterocycles. The number of thiocarbonyl (C=S) groups is 1. The van der Waals surface area contributed by atoms with Gasteiger partial charge in [-0.3, -0.25) is 9.69 Å². The summed E-state index contributed by atoms with van der Waals surface area (Å²) in [6.07, 6.45) is 10.5. The molecule has 2 rings (SSSR count). The summed E-state index contributed by atoms with van der Waals surface area (Å²) in [5.41, 5.74) is 0.388. The van der Waals surface area contributed by atoms with Crippen molar-refractivity contribution in [1.82, 2.24) is 4.90 Å². The van der Waals surface area contributed by atoms with Crippen molar-refractivity contribution in [3.63, 3.8) is 0 Å². The van der Waals surface area contributed by atoms with Crippen molar-refractivity contribution in [2.45, 2.75) is 32.8 Å². The highest BCUT2D eigenvalue weighted by Crippen LogP contribution is 2.32. The second-order valence-electron chi connectivity index (χ2n) is 5.64. The van der Waals surface area contributed by atoms with Gasteiger partial charge in [0.2, 0.25) is 0 Å². The molecule has 1 aliphatic heterocycles. The van der Waals surface area contributed by atoms with Crippen LogP contribution in [-0.2, 0) is 4.79 Å². The highest BCUT2D eigenvalue weighted by atomic mass is 32.2. The van der Waals surface area contributed by atoms with Gasteiger partial charge in [-0.15, -0.1) is 0 Å². The van der Waals surface area contributed by atoms with E-state index >= 15 is 0 Å². The van der Waals surface area contributed by atoms with Crippen LogP contribution in [0.5, 0.6) is 0 Å². The number of rotatable bonds is 4. The summed E-state index contributed by atoms with van der Waals surface area (Å²) >= 11 is 6.47. The number of hydrogen-bond donors (Lipinski definition) is 2. The fourth-order valence-electron chi connectivity index (χ4n) is 2.43. The van der Waals surface area contributed by atoms with Gasteiger partial charge in [0.25, 0.3) is 5.91 Å². The first-order chi connectivity index (χ1) is 11.3. The summed E-state index contributed by atoms with van der Waals surface area (Å²) in [5, 5.41) is 20.3. The lowest BCUT2D eigenvalue weighted by molar-refractivity contribution is -0.122. The number of aliphatic hydroxyl groups is 2. The number of thioether (sulfide) groups is 1. The van der Waals surface area contributed by atoms with Crippen LogP contribution < -0.4 is 0 Å². The van der Waals surface area contributed by atoms with E-state index in [1.54, 1.807) is 29.2 Å². The lowest BCUT2D eigenvalue weighted by Crippen LogP contribution is -2.28. The number of likely N-dealkylation sites (N-methyl/N-ethyl adjacent to an activating group) is 1. The number of carbonyl (C=O) groups excluding carboxylic acids is 1. The molecule has 0 aromatic carbocycles. The standard InChI is InChI=1S/C18H21NO3S2/c1-4-18(22)9-8-14(20)11-13(18)10-12(3)6-7-15-16(21)19(5-2)17(23)24-15/h6-11,20,22H,4-5H2,1-3H3. The number of amides is 1. The van der Waals surface area contributed by atoms with Gasteiger partial charge >= 0.3 is 0 Å². The fourth-order valence-corrected chi connectivity index (χ4v) is 3.75. The van der Waals surface area contributed by atoms with Crippen LogP contribution in [0.2, 0.25) is 0 Å². The summed E-state index contributed by atoms with van der Waals surface area (Å²) < 4.78 is 0.573. The average molecular weight is 364 g/mol. The molecule has 24 heavy (non-hydrogen) atoms. The first-order valence-corrected chi connectivity index (χ1v) is 9.00. The van der Waals surface area contributed by atoms with E-state index in [9.17, 15) is 15.0 Å². The van der Waals surface area contributed by atoms with Crippen molar-refractivity contribution in [2.24, 2.45) is 0 Å². The molecule has 0 spiro atoms. The summed E-state index contributed by atoms with van der Waals surface area (Å²) in [6.45, 7) is 6.21. The zero-order valence-corrected chi connectivity index (χ0v) is 15.6. The molecule has 4 nitrogen and oxygen atoms in total. The molecule has 0 bridgehead atoms. The van der Waals surface area contributed by atoms with E-state index in [1.807, 2.05) is 26.8 Å². The van der Waals surface area contributed by atoms with Crippen molar-refractivity contribution < 1.29 is 15.0 Å². The van der Waals surface area contributed by atoms with Gasteiger partial charge in [0.1, 0.15) is 15.7 Å². The average Bonchev–Trinajstić information content (AvgIpc) is 2.82. The summed E-state index contributed by atoms with van der Waals surface area (Å²) in [6, 6.07) is 0. The zero-order valence-electron chi connectivity index (χ0n) is 13.9. The summed E-state index contributed by atoms with van der Waals surface area (Å²) in [7, 11) is 0. The third-order valence-electron chi connectivity index (χ3n) is 3.94. The summed E-state index contributed by atoms with van der Waals surface area (Å²) in [4.78, 5) is 14.3. The minimum Gasteiger partial charge on any atom is -0.508 e. The number of allylic oxidation sites excluding steroid dienone is 5. The van der Waals surface area contributed by atoms with E-state index in [-0.39, 0.29) is 11.7 Å². The van der Waals surface area contributed by atoms with Gasteiger partial charge in [0.15, 0.2) is 0 Å². The van der Waals surface area contributed by atoms with E-state index in [1.165, 1.54) is 17.8 Å². The highest BCUT2D eigenvalue weighted by molar-refractivity contribution is 8.26. The van der Waals surface area contributed by atoms with Gasteiger partial charge in [-0.1, -0.05) is 48.6 Å². The number of nitrogens with zero attached hydrogens (tertiary/aromatic N) is 1. The maximum atomic E-state index is 12.2. The molecule has 2 aliphatic rings. The Bertz CT molecular complexity index is 716. The highest BCUT2D eigenvalue weighted by Gasteiger charge is 2.30. The maximum Gasteiger partial charge on any atom is 0.266 e. The second kappa shape index (κ2) is 7.51. The van der Waals surface area contributed by atoms with Gasteiger partial charge in [-0.2, -0.15) is 0 Å². The van der Waals surface area contributed by atoms with Gasteiger partial charge in [-0.05, 0) is 50.1 Å². The molecule has 1 fully saturated rings. The Hall–Kier alpha value is -1.63. The van der Waals surface area contributed by atoms with Crippen LogP contribution in [0.4, 0.5) is 0 Å². The zero-order chi connectivity index (χ0) is 17.9. The monoisotopic (exact) mass is 363 g/mol. The van der Waals surface area contributed by atoms with Gasteiger partial charge < -0.3 is 10.2 Å². The Morgan fingerprint density at radius 2 is 2.17 bits per heavy atom. The van der Waals surface area contributed by atoms with Crippen LogP contribution in [0.3, 0.4) is 0 Å². The SMILES string of the molecule is CCN1C(=O)C(=CC=C(C)C=C2C=C(O)C=CC2(O)CC)SC1=S. The third kappa shape index (κ3) is 3.88. The molecule has 1 heterocycles. The molecule has 2 N–H and O–H groups in total. The second-order valence-corrected chi connectivity index (χ2v) is 7.31. The smallest absolute Gasteiger partial charge is 0.266 e. The molecular formula is C18H21NO3S2. The number of aliphatic hydroxyl groups excluding tert-OH is 1. The number of carbonyl (C=O) groups is 1.